The van der Waals surface area contributed by atoms with Crippen molar-refractivity contribution in [1.82, 2.24) is 24.1 Å². The maximum atomic E-state index is 13.0. The van der Waals surface area contributed by atoms with E-state index in [0.29, 0.717) is 38.5 Å². The highest BCUT2D eigenvalue weighted by Gasteiger charge is 2.38. The van der Waals surface area contributed by atoms with E-state index in [2.05, 4.69) is 14.9 Å². The molecule has 0 aromatic heterocycles. The van der Waals surface area contributed by atoms with E-state index < -0.39 is 23.9 Å². The van der Waals surface area contributed by atoms with E-state index in [4.69, 9.17) is 14.6 Å². The van der Waals surface area contributed by atoms with E-state index in [1.165, 1.54) is 24.3 Å². The molecule has 0 bridgehead atoms. The fraction of sp³-hybridized carbons (Fsp3) is 0.259. The molecule has 1 saturated heterocycles. The molecule has 0 atom stereocenters. The van der Waals surface area contributed by atoms with Crippen LogP contribution < -0.4 is 14.8 Å². The number of ether oxygens (including phenoxy) is 1. The predicted molar refractivity (Wildman–Crippen MR) is 145 cm³/mol. The third kappa shape index (κ3) is 8.84. The first kappa shape index (κ1) is 31.6. The summed E-state index contributed by atoms with van der Waals surface area (Å²) in [6.07, 6.45) is -1.98. The minimum absolute atomic E-state index is 0.134. The first-order chi connectivity index (χ1) is 20.3. The monoisotopic (exact) mass is 629 g/mol. The molecule has 3 aliphatic heterocycles. The number of fused-ring (bicyclic) bond motifs is 1. The fourth-order valence-corrected chi connectivity index (χ4v) is 4.77. The lowest BCUT2D eigenvalue weighted by molar-refractivity contribution is -0.192. The molecule has 0 radical (unpaired) electrons. The second kappa shape index (κ2) is 13.3. The summed E-state index contributed by atoms with van der Waals surface area (Å²) >= 11 is 1.43. The van der Waals surface area contributed by atoms with E-state index in [9.17, 15) is 31.1 Å². The van der Waals surface area contributed by atoms with Crippen LogP contribution in [0.5, 0.6) is 11.5 Å². The van der Waals surface area contributed by atoms with E-state index in [0.717, 1.165) is 29.1 Å². The average Bonchev–Trinajstić information content (AvgIpc) is 3.43. The number of carboxylic acids is 1. The molecule has 0 aliphatic carbocycles. The number of nitrogens with zero attached hydrogens (tertiary/aromatic N) is 3. The number of hydrogen-bond acceptors (Lipinski definition) is 7. The predicted octanol–water partition coefficient (Wildman–Crippen LogP) is 5.68. The summed E-state index contributed by atoms with van der Waals surface area (Å²) in [7, 11) is 0. The molecule has 0 saturated carbocycles. The van der Waals surface area contributed by atoms with Crippen molar-refractivity contribution in [3.05, 3.63) is 95.6 Å². The molecule has 1 fully saturated rings. The molecule has 2 amide bonds. The summed E-state index contributed by atoms with van der Waals surface area (Å²) in [5.41, 5.74) is 1.89. The van der Waals surface area contributed by atoms with E-state index in [-0.39, 0.29) is 11.8 Å². The first-order valence-electron chi connectivity index (χ1n) is 12.6. The average molecular weight is 630 g/mol. The topological polar surface area (TPSA) is 97.4 Å². The number of rotatable bonds is 5. The van der Waals surface area contributed by atoms with Gasteiger partial charge >= 0.3 is 24.4 Å². The number of hydrogen-bond donors (Lipinski definition) is 3. The van der Waals surface area contributed by atoms with Gasteiger partial charge in [0.2, 0.25) is 0 Å². The number of benzene rings is 2. The third-order valence-electron chi connectivity index (χ3n) is 6.19. The second-order valence-electron chi connectivity index (χ2n) is 9.26. The zero-order valence-corrected chi connectivity index (χ0v) is 23.0. The van der Waals surface area contributed by atoms with Crippen LogP contribution in [0.4, 0.5) is 31.1 Å². The van der Waals surface area contributed by atoms with Gasteiger partial charge < -0.3 is 24.8 Å². The Morgan fingerprint density at radius 3 is 2.28 bits per heavy atom. The maximum absolute atomic E-state index is 13.0. The van der Waals surface area contributed by atoms with E-state index in [1.54, 1.807) is 11.0 Å². The van der Waals surface area contributed by atoms with Gasteiger partial charge in [-0.2, -0.15) is 26.3 Å². The van der Waals surface area contributed by atoms with Crippen molar-refractivity contribution in [3.63, 3.8) is 0 Å². The van der Waals surface area contributed by atoms with Crippen LogP contribution in [0.2, 0.25) is 0 Å². The Morgan fingerprint density at radius 1 is 0.977 bits per heavy atom. The molecule has 3 heterocycles. The highest BCUT2D eigenvalue weighted by molar-refractivity contribution is 7.95. The number of alkyl halides is 6. The number of carboxylic acid groups (broad SMARTS) is 1. The molecule has 0 unspecified atom stereocenters. The fourth-order valence-electron chi connectivity index (χ4n) is 4.11. The lowest BCUT2D eigenvalue weighted by atomic mass is 10.2. The van der Waals surface area contributed by atoms with E-state index in [1.807, 2.05) is 47.1 Å². The lowest BCUT2D eigenvalue weighted by Crippen LogP contribution is -2.51. The Hall–Kier alpha value is -4.31. The number of nitrogens with one attached hydrogen (secondary N) is 2. The van der Waals surface area contributed by atoms with Crippen LogP contribution in [0.3, 0.4) is 0 Å². The molecule has 2 aromatic carbocycles. The van der Waals surface area contributed by atoms with Gasteiger partial charge in [0.05, 0.1) is 29.1 Å². The molecular weight excluding hydrogens is 604 g/mol. The Balaban J connectivity index is 0.000000541. The molecule has 0 spiro atoms. The van der Waals surface area contributed by atoms with Gasteiger partial charge in [0.25, 0.3) is 0 Å². The van der Waals surface area contributed by atoms with Crippen LogP contribution in [0, 0.1) is 0 Å². The van der Waals surface area contributed by atoms with Crippen molar-refractivity contribution in [2.75, 3.05) is 26.2 Å². The molecular formula is C27H25F6N5O4S. The first-order valence-corrected chi connectivity index (χ1v) is 13.4. The zero-order valence-electron chi connectivity index (χ0n) is 22.2. The van der Waals surface area contributed by atoms with Crippen LogP contribution in [0.15, 0.2) is 84.5 Å². The summed E-state index contributed by atoms with van der Waals surface area (Å²) in [6.45, 7) is 3.24. The van der Waals surface area contributed by atoms with Crippen LogP contribution in [0.1, 0.15) is 11.1 Å². The van der Waals surface area contributed by atoms with Crippen LogP contribution in [-0.4, -0.2) is 63.6 Å². The quantitative estimate of drug-likeness (QED) is 0.287. The Bertz CT molecular complexity index is 1420. The SMILES string of the molecule is O=C(NC1=CC=CN2SNC=C12)N1CCN(Cc2cccc(Oc3cccc(C(F)(F)F)c3)c2)CC1.O=C(O)C(F)(F)F. The summed E-state index contributed by atoms with van der Waals surface area (Å²) in [4.78, 5) is 25.7. The van der Waals surface area contributed by atoms with Gasteiger partial charge in [-0.05, 0) is 48.0 Å². The van der Waals surface area contributed by atoms with Crippen LogP contribution in [-0.2, 0) is 17.5 Å². The summed E-state index contributed by atoms with van der Waals surface area (Å²) in [5, 5.41) is 10.1. The van der Waals surface area contributed by atoms with Crippen molar-refractivity contribution in [2.45, 2.75) is 18.9 Å². The summed E-state index contributed by atoms with van der Waals surface area (Å²) < 4.78 is 81.4. The smallest absolute Gasteiger partial charge is 0.475 e. The molecule has 230 valence electrons. The molecule has 16 heteroatoms. The van der Waals surface area contributed by atoms with Crippen molar-refractivity contribution in [3.8, 4) is 11.5 Å². The largest absolute Gasteiger partial charge is 0.490 e. The number of urea groups is 1. The standard InChI is InChI=1S/C25H24F3N5O2S.C2HF3O2/c26-25(27,28)19-5-2-7-21(15-19)35-20-6-1-4-18(14-20)17-31-10-12-32(13-11-31)24(34)30-22-8-3-9-33-23(22)16-29-36-33;3-2(4,5)1(6)7/h1-9,14-16,29H,10-13,17H2,(H,30,34);(H,6,7). The molecule has 3 N–H and O–H groups in total. The van der Waals surface area contributed by atoms with Crippen molar-refractivity contribution in [1.29, 1.82) is 0 Å². The molecule has 9 nitrogen and oxygen atoms in total. The molecule has 3 aliphatic rings. The van der Waals surface area contributed by atoms with Gasteiger partial charge in [0.15, 0.2) is 0 Å². The highest BCUT2D eigenvalue weighted by Crippen LogP contribution is 2.33. The van der Waals surface area contributed by atoms with Gasteiger partial charge in [0.1, 0.15) is 11.5 Å². The highest BCUT2D eigenvalue weighted by atomic mass is 32.2. The van der Waals surface area contributed by atoms with Gasteiger partial charge in [-0.1, -0.05) is 18.2 Å². The maximum Gasteiger partial charge on any atom is 0.490 e. The Morgan fingerprint density at radius 2 is 1.63 bits per heavy atom. The van der Waals surface area contributed by atoms with Gasteiger partial charge in [-0.15, -0.1) is 0 Å². The lowest BCUT2D eigenvalue weighted by Gasteiger charge is -2.35. The number of carbonyl (C=O) groups is 2. The summed E-state index contributed by atoms with van der Waals surface area (Å²) in [6, 6.07) is 12.0. The summed E-state index contributed by atoms with van der Waals surface area (Å²) in [5.74, 6) is -2.15. The molecule has 43 heavy (non-hydrogen) atoms. The number of halogens is 6. The van der Waals surface area contributed by atoms with E-state index >= 15 is 0 Å². The second-order valence-corrected chi connectivity index (χ2v) is 10.1. The third-order valence-corrected chi connectivity index (χ3v) is 6.93. The van der Waals surface area contributed by atoms with Gasteiger partial charge in [-0.3, -0.25) is 9.21 Å². The van der Waals surface area contributed by atoms with Crippen LogP contribution >= 0.6 is 12.1 Å². The zero-order chi connectivity index (χ0) is 31.2. The number of carbonyl (C=O) groups excluding carboxylic acids is 1. The number of aliphatic carboxylic acids is 1. The Kier molecular flexibility index (Phi) is 9.80. The molecule has 5 rings (SSSR count). The minimum Gasteiger partial charge on any atom is -0.475 e. The minimum atomic E-state index is -5.08. The van der Waals surface area contributed by atoms with Gasteiger partial charge in [-0.25, -0.2) is 9.59 Å². The van der Waals surface area contributed by atoms with Crippen molar-refractivity contribution >= 4 is 24.1 Å². The normalized spacial score (nSPS) is 16.7. The van der Waals surface area contributed by atoms with Gasteiger partial charge in [0, 0.05) is 45.1 Å². The number of amides is 2. The van der Waals surface area contributed by atoms with Crippen molar-refractivity contribution in [2.24, 2.45) is 0 Å². The number of allylic oxidation sites excluding steroid dienone is 2. The molecule has 2 aromatic rings. The Labute approximate surface area is 246 Å². The number of piperazine rings is 1. The van der Waals surface area contributed by atoms with Crippen LogP contribution in [0.25, 0.3) is 0 Å². The van der Waals surface area contributed by atoms with Crippen molar-refractivity contribution < 1.29 is 45.8 Å².